The molecule has 14 heavy (non-hydrogen) atoms. The molecule has 1 N–H and O–H groups in total. The molecule has 2 nitrogen and oxygen atoms in total. The van der Waals surface area contributed by atoms with Gasteiger partial charge in [-0.05, 0) is 38.0 Å². The summed E-state index contributed by atoms with van der Waals surface area (Å²) in [7, 11) is 0. The molecule has 0 aliphatic carbocycles. The fourth-order valence-electron chi connectivity index (χ4n) is 2.30. The van der Waals surface area contributed by atoms with Crippen LogP contribution in [0.2, 0.25) is 0 Å². The highest BCUT2D eigenvalue weighted by atomic mass is 32.2. The minimum Gasteiger partial charge on any atom is -0.378 e. The Labute approximate surface area is 91.2 Å². The molecule has 0 amide bonds. The Kier molecular flexibility index (Phi) is 4.14. The fraction of sp³-hybridized carbons (Fsp3) is 1.00. The van der Waals surface area contributed by atoms with Crippen LogP contribution in [0.4, 0.5) is 0 Å². The number of hydrogen-bond donors (Lipinski definition) is 1. The third-order valence-corrected chi connectivity index (χ3v) is 4.60. The van der Waals surface area contributed by atoms with E-state index in [1.165, 1.54) is 31.4 Å². The highest BCUT2D eigenvalue weighted by molar-refractivity contribution is 8.00. The number of hydrogen-bond acceptors (Lipinski definition) is 3. The smallest absolute Gasteiger partial charge is 0.0588 e. The number of thioether (sulfide) groups is 1. The Hall–Kier alpha value is 0.270. The van der Waals surface area contributed by atoms with Crippen LogP contribution < -0.4 is 5.32 Å². The predicted octanol–water partition coefficient (Wildman–Crippen LogP) is 2.04. The van der Waals surface area contributed by atoms with Crippen LogP contribution in [0, 0.1) is 0 Å². The van der Waals surface area contributed by atoms with Crippen LogP contribution in [0.15, 0.2) is 0 Å². The van der Waals surface area contributed by atoms with E-state index in [0.29, 0.717) is 6.10 Å². The first-order chi connectivity index (χ1) is 6.86. The van der Waals surface area contributed by atoms with Crippen molar-refractivity contribution in [1.82, 2.24) is 5.32 Å². The molecule has 3 atom stereocenters. The van der Waals surface area contributed by atoms with Gasteiger partial charge in [0.1, 0.15) is 0 Å². The molecule has 2 rings (SSSR count). The van der Waals surface area contributed by atoms with Gasteiger partial charge in [0.2, 0.25) is 0 Å². The molecule has 0 saturated carbocycles. The van der Waals surface area contributed by atoms with E-state index >= 15 is 0 Å². The van der Waals surface area contributed by atoms with Crippen LogP contribution in [0.25, 0.3) is 0 Å². The zero-order valence-electron chi connectivity index (χ0n) is 9.00. The van der Waals surface area contributed by atoms with Crippen molar-refractivity contribution in [3.63, 3.8) is 0 Å². The van der Waals surface area contributed by atoms with Crippen molar-refractivity contribution >= 4 is 11.8 Å². The minimum absolute atomic E-state index is 0.548. The van der Waals surface area contributed by atoms with E-state index in [1.807, 2.05) is 0 Å². The normalized spacial score (nSPS) is 37.9. The van der Waals surface area contributed by atoms with Crippen LogP contribution in [0.3, 0.4) is 0 Å². The number of nitrogens with one attached hydrogen (secondary N) is 1. The van der Waals surface area contributed by atoms with Gasteiger partial charge in [-0.15, -0.1) is 0 Å². The molecule has 2 saturated heterocycles. The second-order valence-corrected chi connectivity index (χ2v) is 5.83. The van der Waals surface area contributed by atoms with E-state index in [-0.39, 0.29) is 0 Å². The Morgan fingerprint density at radius 2 is 2.36 bits per heavy atom. The van der Waals surface area contributed by atoms with Crippen LogP contribution in [-0.4, -0.2) is 36.3 Å². The molecule has 2 aliphatic heterocycles. The Morgan fingerprint density at radius 1 is 1.43 bits per heavy atom. The number of ether oxygens (including phenoxy) is 1. The molecule has 2 heterocycles. The summed E-state index contributed by atoms with van der Waals surface area (Å²) < 4.78 is 5.60. The van der Waals surface area contributed by atoms with Crippen molar-refractivity contribution in [2.75, 3.05) is 18.9 Å². The highest BCUT2D eigenvalue weighted by Gasteiger charge is 2.23. The zero-order valence-corrected chi connectivity index (χ0v) is 9.81. The third kappa shape index (κ3) is 2.88. The quantitative estimate of drug-likeness (QED) is 0.775. The van der Waals surface area contributed by atoms with Crippen LogP contribution in [0.1, 0.15) is 32.6 Å². The molecular formula is C11H21NOS. The van der Waals surface area contributed by atoms with E-state index in [1.54, 1.807) is 0 Å². The van der Waals surface area contributed by atoms with Gasteiger partial charge in [-0.2, -0.15) is 11.8 Å². The largest absolute Gasteiger partial charge is 0.378 e. The molecular weight excluding hydrogens is 194 g/mol. The van der Waals surface area contributed by atoms with Crippen molar-refractivity contribution in [3.8, 4) is 0 Å². The molecule has 82 valence electrons. The first kappa shape index (κ1) is 10.8. The first-order valence-corrected chi connectivity index (χ1v) is 6.88. The lowest BCUT2D eigenvalue weighted by atomic mass is 10.1. The molecule has 3 heteroatoms. The summed E-state index contributed by atoms with van der Waals surface area (Å²) in [6, 6.07) is 0.751. The van der Waals surface area contributed by atoms with Crippen molar-refractivity contribution in [2.45, 2.75) is 50.0 Å². The Balaban J connectivity index is 1.57. The maximum Gasteiger partial charge on any atom is 0.0588 e. The van der Waals surface area contributed by atoms with Gasteiger partial charge in [0, 0.05) is 17.9 Å². The summed E-state index contributed by atoms with van der Waals surface area (Å²) in [5.74, 6) is 1.33. The molecule has 3 unspecified atom stereocenters. The van der Waals surface area contributed by atoms with Gasteiger partial charge in [0.25, 0.3) is 0 Å². The SMILES string of the molecule is CC1SCCC1NCCC1CCCO1. The summed E-state index contributed by atoms with van der Waals surface area (Å²) in [4.78, 5) is 0. The molecule has 0 spiro atoms. The third-order valence-electron chi connectivity index (χ3n) is 3.27. The average molecular weight is 215 g/mol. The summed E-state index contributed by atoms with van der Waals surface area (Å²) >= 11 is 2.09. The summed E-state index contributed by atoms with van der Waals surface area (Å²) in [6.45, 7) is 4.46. The van der Waals surface area contributed by atoms with E-state index in [2.05, 4.69) is 24.0 Å². The van der Waals surface area contributed by atoms with Crippen molar-refractivity contribution < 1.29 is 4.74 Å². The topological polar surface area (TPSA) is 21.3 Å². The zero-order chi connectivity index (χ0) is 9.80. The summed E-state index contributed by atoms with van der Waals surface area (Å²) in [6.07, 6.45) is 5.63. The van der Waals surface area contributed by atoms with E-state index in [9.17, 15) is 0 Å². The van der Waals surface area contributed by atoms with Gasteiger partial charge in [-0.25, -0.2) is 0 Å². The van der Waals surface area contributed by atoms with Gasteiger partial charge in [-0.3, -0.25) is 0 Å². The second kappa shape index (κ2) is 5.38. The standard InChI is InChI=1S/C11H21NOS/c1-9-11(5-8-14-9)12-6-4-10-3-2-7-13-10/h9-12H,2-8H2,1H3. The van der Waals surface area contributed by atoms with E-state index in [0.717, 1.165) is 24.4 Å². The van der Waals surface area contributed by atoms with Gasteiger partial charge in [0.05, 0.1) is 6.10 Å². The molecule has 2 fully saturated rings. The highest BCUT2D eigenvalue weighted by Crippen LogP contribution is 2.26. The fourth-order valence-corrected chi connectivity index (χ4v) is 3.53. The van der Waals surface area contributed by atoms with Crippen LogP contribution >= 0.6 is 11.8 Å². The molecule has 2 aliphatic rings. The van der Waals surface area contributed by atoms with E-state index < -0.39 is 0 Å². The first-order valence-electron chi connectivity index (χ1n) is 5.83. The number of rotatable bonds is 4. The predicted molar refractivity (Wildman–Crippen MR) is 61.9 cm³/mol. The second-order valence-electron chi connectivity index (χ2n) is 4.35. The van der Waals surface area contributed by atoms with Crippen molar-refractivity contribution in [3.05, 3.63) is 0 Å². The molecule has 0 radical (unpaired) electrons. The van der Waals surface area contributed by atoms with Crippen LogP contribution in [-0.2, 0) is 4.74 Å². The maximum absolute atomic E-state index is 5.60. The van der Waals surface area contributed by atoms with E-state index in [4.69, 9.17) is 4.74 Å². The lowest BCUT2D eigenvalue weighted by Gasteiger charge is -2.17. The maximum atomic E-state index is 5.60. The van der Waals surface area contributed by atoms with Gasteiger partial charge in [0.15, 0.2) is 0 Å². The minimum atomic E-state index is 0.548. The lowest BCUT2D eigenvalue weighted by Crippen LogP contribution is -2.35. The molecule has 0 aromatic carbocycles. The van der Waals surface area contributed by atoms with Gasteiger partial charge >= 0.3 is 0 Å². The molecule has 0 aromatic rings. The van der Waals surface area contributed by atoms with Gasteiger partial charge in [-0.1, -0.05) is 6.92 Å². The molecule has 0 aromatic heterocycles. The summed E-state index contributed by atoms with van der Waals surface area (Å²) in [5.41, 5.74) is 0. The average Bonchev–Trinajstić information content (AvgIpc) is 2.78. The van der Waals surface area contributed by atoms with Crippen molar-refractivity contribution in [2.24, 2.45) is 0 Å². The monoisotopic (exact) mass is 215 g/mol. The van der Waals surface area contributed by atoms with Crippen LogP contribution in [0.5, 0.6) is 0 Å². The lowest BCUT2D eigenvalue weighted by molar-refractivity contribution is 0.103. The Bertz CT molecular complexity index is 171. The summed E-state index contributed by atoms with van der Waals surface area (Å²) in [5, 5.41) is 4.46. The molecule has 0 bridgehead atoms. The Morgan fingerprint density at radius 3 is 3.00 bits per heavy atom. The van der Waals surface area contributed by atoms with Gasteiger partial charge < -0.3 is 10.1 Å². The van der Waals surface area contributed by atoms with Crippen molar-refractivity contribution in [1.29, 1.82) is 0 Å².